The fourth-order valence-electron chi connectivity index (χ4n) is 1.93. The third-order valence-corrected chi connectivity index (χ3v) is 4.76. The van der Waals surface area contributed by atoms with Crippen LogP contribution < -0.4 is 10.3 Å². The van der Waals surface area contributed by atoms with E-state index in [4.69, 9.17) is 4.74 Å². The summed E-state index contributed by atoms with van der Waals surface area (Å²) in [7, 11) is 0. The number of nitrogens with zero attached hydrogens (tertiary/aromatic N) is 2. The maximum Gasteiger partial charge on any atom is 0.270 e. The van der Waals surface area contributed by atoms with Crippen LogP contribution in [0, 0.1) is 14.9 Å². The van der Waals surface area contributed by atoms with E-state index >= 15 is 0 Å². The lowest BCUT2D eigenvalue weighted by Gasteiger charge is -2.14. The number of thioether (sulfide) groups is 1. The molecule has 0 fully saturated rings. The molecule has 1 N–H and O–H groups in total. The highest BCUT2D eigenvalue weighted by Crippen LogP contribution is 2.37. The van der Waals surface area contributed by atoms with Gasteiger partial charge in [-0.1, -0.05) is 34.6 Å². The van der Waals surface area contributed by atoms with Gasteiger partial charge in [0.05, 0.1) is 10.2 Å². The summed E-state index contributed by atoms with van der Waals surface area (Å²) in [6.45, 7) is 2.56. The van der Waals surface area contributed by atoms with Crippen molar-refractivity contribution in [3.8, 4) is 23.1 Å². The lowest BCUT2D eigenvalue weighted by atomic mass is 10.1. The van der Waals surface area contributed by atoms with Gasteiger partial charge in [0.2, 0.25) is 0 Å². The van der Waals surface area contributed by atoms with Crippen LogP contribution in [0.5, 0.6) is 5.75 Å². The van der Waals surface area contributed by atoms with Gasteiger partial charge >= 0.3 is 0 Å². The van der Waals surface area contributed by atoms with E-state index in [1.165, 1.54) is 11.8 Å². The molecule has 0 saturated carbocycles. The second kappa shape index (κ2) is 8.17. The summed E-state index contributed by atoms with van der Waals surface area (Å²) < 4.78 is 7.56. The molecule has 2 rings (SSSR count). The molecule has 0 radical (unpaired) electrons. The number of hydrogen-bond acceptors (Lipinski definition) is 5. The van der Waals surface area contributed by atoms with E-state index in [0.717, 1.165) is 14.5 Å². The third kappa shape index (κ3) is 4.08. The minimum atomic E-state index is -0.446. The highest BCUT2D eigenvalue weighted by Gasteiger charge is 2.19. The fraction of sp³-hybridized carbons (Fsp3) is 0.267. The van der Waals surface area contributed by atoms with Gasteiger partial charge in [-0.25, -0.2) is 4.98 Å². The van der Waals surface area contributed by atoms with Crippen molar-refractivity contribution in [1.82, 2.24) is 9.97 Å². The molecule has 1 heterocycles. The van der Waals surface area contributed by atoms with E-state index in [2.05, 4.69) is 48.5 Å². The van der Waals surface area contributed by atoms with Crippen LogP contribution in [0.3, 0.4) is 0 Å². The Morgan fingerprint density at radius 3 is 2.87 bits per heavy atom. The predicted molar refractivity (Wildman–Crippen MR) is 103 cm³/mol. The number of aromatic nitrogens is 2. The minimum Gasteiger partial charge on any atom is -0.492 e. The van der Waals surface area contributed by atoms with Gasteiger partial charge in [-0.05, 0) is 47.4 Å². The molecule has 0 amide bonds. The van der Waals surface area contributed by atoms with Gasteiger partial charge in [0.15, 0.2) is 5.16 Å². The number of H-pyrrole nitrogens is 1. The van der Waals surface area contributed by atoms with Gasteiger partial charge in [-0.3, -0.25) is 4.79 Å². The quantitative estimate of drug-likeness (QED) is 0.374. The van der Waals surface area contributed by atoms with Crippen molar-refractivity contribution in [2.45, 2.75) is 18.5 Å². The van der Waals surface area contributed by atoms with Crippen LogP contribution in [0.25, 0.3) is 11.3 Å². The Bertz CT molecular complexity index is 833. The largest absolute Gasteiger partial charge is 0.492 e. The lowest BCUT2D eigenvalue weighted by molar-refractivity contribution is 0.316. The Morgan fingerprint density at radius 1 is 1.52 bits per heavy atom. The van der Waals surface area contributed by atoms with Crippen LogP contribution in [0.15, 0.2) is 26.6 Å². The Balaban J connectivity index is 2.78. The summed E-state index contributed by atoms with van der Waals surface area (Å²) in [5.74, 6) is 0.636. The number of hydrogen-bond donors (Lipinski definition) is 1. The van der Waals surface area contributed by atoms with E-state index in [9.17, 15) is 10.1 Å². The summed E-state index contributed by atoms with van der Waals surface area (Å²) in [6.07, 6.45) is 2.67. The maximum atomic E-state index is 12.1. The molecule has 0 aliphatic heterocycles. The first kappa shape index (κ1) is 18.3. The van der Waals surface area contributed by atoms with Crippen molar-refractivity contribution in [1.29, 1.82) is 5.26 Å². The molecule has 0 unspecified atom stereocenters. The first-order valence-electron chi connectivity index (χ1n) is 6.72. The van der Waals surface area contributed by atoms with Gasteiger partial charge in [0.25, 0.3) is 5.56 Å². The Kier molecular flexibility index (Phi) is 6.50. The first-order chi connectivity index (χ1) is 11.0. The molecule has 1 aromatic carbocycles. The molecule has 8 heteroatoms. The first-order valence-corrected chi connectivity index (χ1v) is 9.82. The van der Waals surface area contributed by atoms with Crippen LogP contribution in [-0.4, -0.2) is 22.8 Å². The van der Waals surface area contributed by atoms with E-state index < -0.39 is 5.56 Å². The molecule has 0 spiro atoms. The zero-order valence-corrected chi connectivity index (χ0v) is 17.0. The molecule has 120 valence electrons. The average Bonchev–Trinajstić information content (AvgIpc) is 2.52. The summed E-state index contributed by atoms with van der Waals surface area (Å²) in [4.78, 5) is 19.2. The van der Waals surface area contributed by atoms with E-state index in [1.807, 2.05) is 31.4 Å². The predicted octanol–water partition coefficient (Wildman–Crippen LogP) is 4.19. The van der Waals surface area contributed by atoms with Gasteiger partial charge in [0, 0.05) is 10.0 Å². The van der Waals surface area contributed by atoms with E-state index in [-0.39, 0.29) is 5.56 Å². The number of nitriles is 1. The van der Waals surface area contributed by atoms with Crippen LogP contribution in [0.2, 0.25) is 0 Å². The molecule has 2 aromatic rings. The number of ether oxygens (including phenoxy) is 1. The summed E-state index contributed by atoms with van der Waals surface area (Å²) in [5, 5.41) is 9.82. The molecular formula is C15H13BrIN3O2S. The summed E-state index contributed by atoms with van der Waals surface area (Å²) >= 11 is 6.94. The Hall–Kier alpha value is -1.05. The van der Waals surface area contributed by atoms with Crippen molar-refractivity contribution in [3.63, 3.8) is 0 Å². The second-order valence-corrected chi connectivity index (χ2v) is 7.40. The molecule has 23 heavy (non-hydrogen) atoms. The molecule has 0 saturated heterocycles. The van der Waals surface area contributed by atoms with E-state index in [0.29, 0.717) is 28.8 Å². The molecular weight excluding hydrogens is 493 g/mol. The third-order valence-electron chi connectivity index (χ3n) is 2.92. The van der Waals surface area contributed by atoms with Crippen molar-refractivity contribution in [2.75, 3.05) is 12.9 Å². The molecule has 0 aliphatic rings. The van der Waals surface area contributed by atoms with Crippen LogP contribution in [0.4, 0.5) is 0 Å². The van der Waals surface area contributed by atoms with E-state index in [1.54, 1.807) is 0 Å². The number of rotatable bonds is 5. The minimum absolute atomic E-state index is 0.0157. The number of nitrogens with one attached hydrogen (secondary N) is 1. The van der Waals surface area contributed by atoms with Crippen LogP contribution >= 0.6 is 50.3 Å². The molecule has 1 aromatic heterocycles. The van der Waals surface area contributed by atoms with Crippen molar-refractivity contribution < 1.29 is 4.74 Å². The van der Waals surface area contributed by atoms with Gasteiger partial charge in [-0.15, -0.1) is 0 Å². The van der Waals surface area contributed by atoms with Crippen molar-refractivity contribution in [2.24, 2.45) is 0 Å². The van der Waals surface area contributed by atoms with Crippen molar-refractivity contribution in [3.05, 3.63) is 36.1 Å². The molecule has 0 bridgehead atoms. The lowest BCUT2D eigenvalue weighted by Crippen LogP contribution is -2.15. The zero-order chi connectivity index (χ0) is 17.0. The van der Waals surface area contributed by atoms with Crippen molar-refractivity contribution >= 4 is 50.3 Å². The Morgan fingerprint density at radius 2 is 2.26 bits per heavy atom. The highest BCUT2D eigenvalue weighted by atomic mass is 127. The molecule has 0 aliphatic carbocycles. The number of aromatic amines is 1. The van der Waals surface area contributed by atoms with Crippen LogP contribution in [0.1, 0.15) is 18.9 Å². The standard InChI is InChI=1S/C15H13BrIN3O2S/c1-3-4-22-13-9(5-8(16)6-11(13)17)12-10(7-18)14(21)20-15(19-12)23-2/h5-6H,3-4H2,1-2H3,(H,19,20,21). The number of benzene rings is 1. The summed E-state index contributed by atoms with van der Waals surface area (Å²) in [5.41, 5.74) is 0.511. The summed E-state index contributed by atoms with van der Waals surface area (Å²) in [6, 6.07) is 5.69. The number of halogens is 2. The smallest absolute Gasteiger partial charge is 0.270 e. The van der Waals surface area contributed by atoms with Crippen LogP contribution in [-0.2, 0) is 0 Å². The van der Waals surface area contributed by atoms with Gasteiger partial charge in [0.1, 0.15) is 23.1 Å². The average molecular weight is 506 g/mol. The van der Waals surface area contributed by atoms with Gasteiger partial charge < -0.3 is 9.72 Å². The SMILES string of the molecule is CCCOc1c(I)cc(Br)cc1-c1nc(SC)[nH]c(=O)c1C#N. The highest BCUT2D eigenvalue weighted by molar-refractivity contribution is 14.1. The topological polar surface area (TPSA) is 78.8 Å². The fourth-order valence-corrected chi connectivity index (χ4v) is 3.98. The van der Waals surface area contributed by atoms with Gasteiger partial charge in [-0.2, -0.15) is 5.26 Å². The normalized spacial score (nSPS) is 10.4. The maximum absolute atomic E-state index is 12.1. The Labute approximate surface area is 160 Å². The second-order valence-electron chi connectivity index (χ2n) is 4.52. The molecule has 5 nitrogen and oxygen atoms in total. The zero-order valence-electron chi connectivity index (χ0n) is 12.4. The molecule has 0 atom stereocenters. The monoisotopic (exact) mass is 505 g/mol.